The highest BCUT2D eigenvalue weighted by molar-refractivity contribution is 6.33. The number of alkyl halides is 6. The number of halogens is 8. The Kier molecular flexibility index (Phi) is 8.28. The topological polar surface area (TPSA) is 67.0 Å². The number of ether oxygens (including phenoxy) is 1. The monoisotopic (exact) mass is 603 g/mol. The maximum atomic E-state index is 14.8. The second-order valence-electron chi connectivity index (χ2n) is 9.05. The van der Waals surface area contributed by atoms with E-state index < -0.39 is 47.2 Å². The van der Waals surface area contributed by atoms with E-state index in [2.05, 4.69) is 15.3 Å². The van der Waals surface area contributed by atoms with Gasteiger partial charge in [-0.25, -0.2) is 9.37 Å². The zero-order valence-corrected chi connectivity index (χ0v) is 22.4. The number of H-pyrrole nitrogens is 1. The summed E-state index contributed by atoms with van der Waals surface area (Å²) in [5.74, 6) is -6.77. The largest absolute Gasteiger partial charge is 0.456 e. The fourth-order valence-electron chi connectivity index (χ4n) is 4.09. The number of hydrogen-bond acceptors (Lipinski definition) is 3. The summed E-state index contributed by atoms with van der Waals surface area (Å²) in [5, 5.41) is 2.37. The van der Waals surface area contributed by atoms with Gasteiger partial charge in [0.15, 0.2) is 6.67 Å². The van der Waals surface area contributed by atoms with Crippen molar-refractivity contribution in [2.24, 2.45) is 0 Å². The average Bonchev–Trinajstić information content (AvgIpc) is 3.31. The Balaban J connectivity index is 1.84. The van der Waals surface area contributed by atoms with Crippen LogP contribution in [0.3, 0.4) is 0 Å². The van der Waals surface area contributed by atoms with Crippen LogP contribution in [0.1, 0.15) is 53.2 Å². The minimum absolute atomic E-state index is 0.0919. The van der Waals surface area contributed by atoms with Crippen molar-refractivity contribution in [3.05, 3.63) is 81.2 Å². The molecule has 13 heteroatoms. The molecule has 0 fully saturated rings. The van der Waals surface area contributed by atoms with Gasteiger partial charge < -0.3 is 15.0 Å². The third-order valence-corrected chi connectivity index (χ3v) is 6.67. The predicted octanol–water partition coefficient (Wildman–Crippen LogP) is 9.51. The van der Waals surface area contributed by atoms with E-state index in [-0.39, 0.29) is 27.5 Å². The highest BCUT2D eigenvalue weighted by atomic mass is 35.5. The van der Waals surface area contributed by atoms with Gasteiger partial charge in [-0.3, -0.25) is 4.79 Å². The minimum Gasteiger partial charge on any atom is -0.456 e. The first kappa shape index (κ1) is 29.5. The molecule has 0 bridgehead atoms. The van der Waals surface area contributed by atoms with Gasteiger partial charge >= 0.3 is 12.1 Å². The lowest BCUT2D eigenvalue weighted by atomic mass is 9.98. The Hall–Kier alpha value is -3.44. The molecule has 1 unspecified atom stereocenters. The standard InChI is InChI=1S/C27H21Cl2F6N3O2/c1-3-13(2)18-11-36-21-5-4-16(10-17(18)21)40-24-19(26(31,32)12-30)8-15(9-20(24)27(33,34)35)37-25(39)14-6-22(28)38-23(29)7-14/h4-11,13,36H,3,12H2,1-2H3,(H,37,39). The normalized spacial score (nSPS) is 12.9. The second-order valence-corrected chi connectivity index (χ2v) is 9.83. The van der Waals surface area contributed by atoms with Crippen molar-refractivity contribution in [3.63, 3.8) is 0 Å². The van der Waals surface area contributed by atoms with Gasteiger partial charge in [-0.15, -0.1) is 0 Å². The number of fused-ring (bicyclic) bond motifs is 1. The number of amides is 1. The molecule has 0 aliphatic rings. The number of carbonyl (C=O) groups is 1. The van der Waals surface area contributed by atoms with Crippen molar-refractivity contribution < 1.29 is 35.9 Å². The number of benzene rings is 2. The SMILES string of the molecule is CCC(C)c1c[nH]c2ccc(Oc3c(C(F)(F)F)cc(NC(=O)c4cc(Cl)nc(Cl)c4)cc3C(F)(F)CF)cc12. The van der Waals surface area contributed by atoms with E-state index in [0.29, 0.717) is 23.0 Å². The summed E-state index contributed by atoms with van der Waals surface area (Å²) in [6.07, 6.45) is -2.69. The lowest BCUT2D eigenvalue weighted by Gasteiger charge is -2.23. The van der Waals surface area contributed by atoms with Gasteiger partial charge in [-0.2, -0.15) is 22.0 Å². The van der Waals surface area contributed by atoms with Crippen LogP contribution in [-0.2, 0) is 12.1 Å². The molecular formula is C27H21Cl2F6N3O2. The van der Waals surface area contributed by atoms with Crippen LogP contribution in [-0.4, -0.2) is 22.5 Å². The highest BCUT2D eigenvalue weighted by Gasteiger charge is 2.43. The Morgan fingerprint density at radius 2 is 1.70 bits per heavy atom. The third kappa shape index (κ3) is 6.15. The Morgan fingerprint density at radius 3 is 2.30 bits per heavy atom. The summed E-state index contributed by atoms with van der Waals surface area (Å²) < 4.78 is 91.2. The van der Waals surface area contributed by atoms with Crippen LogP contribution in [0.5, 0.6) is 11.5 Å². The van der Waals surface area contributed by atoms with Gasteiger partial charge in [-0.05, 0) is 60.4 Å². The molecule has 212 valence electrons. The summed E-state index contributed by atoms with van der Waals surface area (Å²) in [7, 11) is 0. The fourth-order valence-corrected chi connectivity index (χ4v) is 4.56. The van der Waals surface area contributed by atoms with E-state index >= 15 is 0 Å². The van der Waals surface area contributed by atoms with Crippen LogP contribution in [0.4, 0.5) is 32.0 Å². The molecule has 0 spiro atoms. The van der Waals surface area contributed by atoms with Crippen molar-refractivity contribution in [3.8, 4) is 11.5 Å². The number of aromatic nitrogens is 2. The third-order valence-electron chi connectivity index (χ3n) is 6.29. The average molecular weight is 604 g/mol. The molecule has 5 nitrogen and oxygen atoms in total. The molecule has 2 heterocycles. The van der Waals surface area contributed by atoms with Crippen LogP contribution in [0.2, 0.25) is 10.3 Å². The molecule has 0 radical (unpaired) electrons. The number of anilines is 1. The van der Waals surface area contributed by atoms with E-state index in [9.17, 15) is 31.1 Å². The zero-order chi connectivity index (χ0) is 29.4. The molecule has 2 aromatic carbocycles. The zero-order valence-electron chi connectivity index (χ0n) is 20.9. The molecule has 1 atom stereocenters. The summed E-state index contributed by atoms with van der Waals surface area (Å²) in [6.45, 7) is 1.60. The number of pyridine rings is 1. The van der Waals surface area contributed by atoms with E-state index in [4.69, 9.17) is 27.9 Å². The molecule has 0 saturated carbocycles. The molecule has 2 aromatic heterocycles. The van der Waals surface area contributed by atoms with Crippen molar-refractivity contribution >= 4 is 45.7 Å². The van der Waals surface area contributed by atoms with Crippen LogP contribution < -0.4 is 10.1 Å². The smallest absolute Gasteiger partial charge is 0.420 e. The molecule has 4 rings (SSSR count). The van der Waals surface area contributed by atoms with E-state index in [1.165, 1.54) is 18.2 Å². The molecule has 0 aliphatic heterocycles. The van der Waals surface area contributed by atoms with Gasteiger partial charge in [0.25, 0.3) is 5.91 Å². The number of aromatic amines is 1. The second kappa shape index (κ2) is 11.2. The predicted molar refractivity (Wildman–Crippen MR) is 141 cm³/mol. The minimum atomic E-state index is -5.22. The van der Waals surface area contributed by atoms with Gasteiger partial charge in [-0.1, -0.05) is 37.0 Å². The Labute approximate surface area is 234 Å². The van der Waals surface area contributed by atoms with Crippen molar-refractivity contribution in [2.75, 3.05) is 12.0 Å². The molecule has 0 aliphatic carbocycles. The molecular weight excluding hydrogens is 583 g/mol. The molecule has 2 N–H and O–H groups in total. The van der Waals surface area contributed by atoms with Gasteiger partial charge in [0.05, 0.1) is 5.56 Å². The van der Waals surface area contributed by atoms with Gasteiger partial charge in [0.1, 0.15) is 27.4 Å². The number of carbonyl (C=O) groups excluding carboxylic acids is 1. The van der Waals surface area contributed by atoms with Gasteiger partial charge in [0, 0.05) is 28.4 Å². The molecule has 0 saturated heterocycles. The molecule has 40 heavy (non-hydrogen) atoms. The van der Waals surface area contributed by atoms with E-state index in [0.717, 1.165) is 24.1 Å². The summed E-state index contributed by atoms with van der Waals surface area (Å²) in [4.78, 5) is 19.4. The maximum Gasteiger partial charge on any atom is 0.420 e. The lowest BCUT2D eigenvalue weighted by Crippen LogP contribution is -2.21. The fraction of sp³-hybridized carbons (Fsp3) is 0.259. The van der Waals surface area contributed by atoms with Gasteiger partial charge in [0.2, 0.25) is 0 Å². The van der Waals surface area contributed by atoms with Crippen molar-refractivity contribution in [1.82, 2.24) is 9.97 Å². The van der Waals surface area contributed by atoms with E-state index in [1.54, 1.807) is 6.20 Å². The quantitative estimate of drug-likeness (QED) is 0.156. The van der Waals surface area contributed by atoms with Crippen molar-refractivity contribution in [2.45, 2.75) is 38.3 Å². The summed E-state index contributed by atoms with van der Waals surface area (Å²) in [5.41, 5.74) is -2.39. The number of nitrogens with one attached hydrogen (secondary N) is 2. The van der Waals surface area contributed by atoms with Crippen LogP contribution >= 0.6 is 23.2 Å². The first-order valence-corrected chi connectivity index (χ1v) is 12.6. The highest BCUT2D eigenvalue weighted by Crippen LogP contribution is 2.47. The maximum absolute atomic E-state index is 14.8. The summed E-state index contributed by atoms with van der Waals surface area (Å²) in [6, 6.07) is 7.39. The first-order valence-electron chi connectivity index (χ1n) is 11.9. The lowest BCUT2D eigenvalue weighted by molar-refractivity contribution is -0.138. The number of hydrogen-bond donors (Lipinski definition) is 2. The summed E-state index contributed by atoms with van der Waals surface area (Å²) >= 11 is 11.5. The van der Waals surface area contributed by atoms with Crippen LogP contribution in [0.15, 0.2) is 48.7 Å². The number of rotatable bonds is 8. The molecule has 1 amide bonds. The van der Waals surface area contributed by atoms with E-state index in [1.807, 2.05) is 13.8 Å². The Bertz CT molecular complexity index is 1550. The van der Waals surface area contributed by atoms with Crippen LogP contribution in [0.25, 0.3) is 10.9 Å². The number of nitrogens with zero attached hydrogens (tertiary/aromatic N) is 1. The molecule has 4 aromatic rings. The van der Waals surface area contributed by atoms with Crippen LogP contribution in [0, 0.1) is 0 Å². The Morgan fingerprint density at radius 1 is 1.05 bits per heavy atom. The van der Waals surface area contributed by atoms with Crippen molar-refractivity contribution in [1.29, 1.82) is 0 Å². The first-order chi connectivity index (χ1) is 18.7.